The van der Waals surface area contributed by atoms with Crippen LogP contribution in [0.15, 0.2) is 57.8 Å². The van der Waals surface area contributed by atoms with Crippen LogP contribution in [0.25, 0.3) is 10.8 Å². The number of rotatable bonds is 5. The summed E-state index contributed by atoms with van der Waals surface area (Å²) in [5.74, 6) is 0.354. The highest BCUT2D eigenvalue weighted by molar-refractivity contribution is 9.10. The van der Waals surface area contributed by atoms with Crippen LogP contribution in [-0.2, 0) is 6.54 Å². The van der Waals surface area contributed by atoms with Crippen molar-refractivity contribution in [3.8, 4) is 5.75 Å². The summed E-state index contributed by atoms with van der Waals surface area (Å²) in [6, 6.07) is 14.4. The highest BCUT2D eigenvalue weighted by Gasteiger charge is 2.15. The Morgan fingerprint density at radius 1 is 1.20 bits per heavy atom. The average molecular weight is 402 g/mol. The van der Waals surface area contributed by atoms with Gasteiger partial charge in [-0.2, -0.15) is 5.10 Å². The van der Waals surface area contributed by atoms with E-state index in [4.69, 9.17) is 4.74 Å². The number of nitrogens with one attached hydrogen (secondary N) is 1. The summed E-state index contributed by atoms with van der Waals surface area (Å²) in [6.07, 6.45) is 0. The van der Waals surface area contributed by atoms with Crippen molar-refractivity contribution in [2.24, 2.45) is 0 Å². The molecule has 0 saturated carbocycles. The maximum atomic E-state index is 12.6. The van der Waals surface area contributed by atoms with Crippen LogP contribution in [0.2, 0.25) is 0 Å². The maximum absolute atomic E-state index is 12.6. The van der Waals surface area contributed by atoms with Crippen LogP contribution in [0.1, 0.15) is 10.5 Å². The number of benzene rings is 2. The van der Waals surface area contributed by atoms with Gasteiger partial charge in [-0.15, -0.1) is 0 Å². The zero-order valence-corrected chi connectivity index (χ0v) is 15.1. The quantitative estimate of drug-likeness (QED) is 0.712. The number of aromatic nitrogens is 2. The van der Waals surface area contributed by atoms with Crippen LogP contribution in [-0.4, -0.2) is 29.3 Å². The Balaban J connectivity index is 1.89. The van der Waals surface area contributed by atoms with Gasteiger partial charge in [-0.05, 0) is 24.3 Å². The van der Waals surface area contributed by atoms with E-state index in [0.717, 1.165) is 4.47 Å². The third kappa shape index (κ3) is 3.71. The molecule has 0 radical (unpaired) electrons. The lowest BCUT2D eigenvalue weighted by molar-refractivity contribution is 0.0957. The topological polar surface area (TPSA) is 73.2 Å². The fourth-order valence-electron chi connectivity index (χ4n) is 2.48. The van der Waals surface area contributed by atoms with E-state index >= 15 is 0 Å². The van der Waals surface area contributed by atoms with Crippen molar-refractivity contribution < 1.29 is 9.53 Å². The van der Waals surface area contributed by atoms with Crippen molar-refractivity contribution >= 4 is 32.6 Å². The third-order valence-electron chi connectivity index (χ3n) is 3.68. The van der Waals surface area contributed by atoms with Crippen LogP contribution >= 0.6 is 15.9 Å². The van der Waals surface area contributed by atoms with Gasteiger partial charge in [0, 0.05) is 16.9 Å². The van der Waals surface area contributed by atoms with Crippen molar-refractivity contribution in [1.29, 1.82) is 0 Å². The fourth-order valence-corrected chi connectivity index (χ4v) is 2.86. The highest BCUT2D eigenvalue weighted by Crippen LogP contribution is 2.18. The second kappa shape index (κ2) is 7.48. The molecule has 1 amide bonds. The van der Waals surface area contributed by atoms with Gasteiger partial charge in [0.25, 0.3) is 11.5 Å². The Hall–Kier alpha value is -2.67. The molecular weight excluding hydrogens is 386 g/mol. The number of halogens is 1. The molecule has 0 aliphatic rings. The first-order valence-electron chi connectivity index (χ1n) is 7.70. The largest absolute Gasteiger partial charge is 0.492 e. The Kier molecular flexibility index (Phi) is 5.14. The van der Waals surface area contributed by atoms with Gasteiger partial charge in [-0.25, -0.2) is 4.68 Å². The molecule has 1 N–H and O–H groups in total. The van der Waals surface area contributed by atoms with Gasteiger partial charge in [0.2, 0.25) is 0 Å². The molecule has 0 atom stereocenters. The number of ether oxygens (including phenoxy) is 1. The summed E-state index contributed by atoms with van der Waals surface area (Å²) < 4.78 is 7.83. The number of hydrogen-bond donors (Lipinski definition) is 1. The van der Waals surface area contributed by atoms with Gasteiger partial charge in [-0.3, -0.25) is 9.59 Å². The molecule has 3 aromatic rings. The normalized spacial score (nSPS) is 10.6. The minimum atomic E-state index is -0.335. The summed E-state index contributed by atoms with van der Waals surface area (Å²) >= 11 is 3.38. The smallest absolute Gasteiger partial charge is 0.274 e. The zero-order valence-electron chi connectivity index (χ0n) is 13.5. The van der Waals surface area contributed by atoms with E-state index in [1.54, 1.807) is 24.3 Å². The molecule has 2 aromatic carbocycles. The van der Waals surface area contributed by atoms with E-state index < -0.39 is 0 Å². The van der Waals surface area contributed by atoms with Gasteiger partial charge in [0.1, 0.15) is 12.4 Å². The zero-order chi connectivity index (χ0) is 17.8. The molecule has 0 saturated heterocycles. The SMILES string of the molecule is CNC(=O)c1nn(CCOc2cccc(Br)c2)c(=O)c2ccccc12. The van der Waals surface area contributed by atoms with E-state index in [1.807, 2.05) is 24.3 Å². The number of carbonyl (C=O) groups excluding carboxylic acids is 1. The minimum Gasteiger partial charge on any atom is -0.492 e. The first-order chi connectivity index (χ1) is 12.1. The first-order valence-corrected chi connectivity index (χ1v) is 8.50. The predicted octanol–water partition coefficient (Wildman–Crippen LogP) is 2.60. The van der Waals surface area contributed by atoms with Crippen LogP contribution in [0.5, 0.6) is 5.75 Å². The third-order valence-corrected chi connectivity index (χ3v) is 4.17. The van der Waals surface area contributed by atoms with Gasteiger partial charge >= 0.3 is 0 Å². The van der Waals surface area contributed by atoms with Crippen molar-refractivity contribution in [3.63, 3.8) is 0 Å². The Morgan fingerprint density at radius 2 is 1.96 bits per heavy atom. The maximum Gasteiger partial charge on any atom is 0.274 e. The van der Waals surface area contributed by atoms with E-state index in [-0.39, 0.29) is 30.3 Å². The molecule has 0 unspecified atom stereocenters. The van der Waals surface area contributed by atoms with Crippen molar-refractivity contribution in [2.45, 2.75) is 6.54 Å². The number of nitrogens with zero attached hydrogens (tertiary/aromatic N) is 2. The molecule has 7 heteroatoms. The average Bonchev–Trinajstić information content (AvgIpc) is 2.63. The molecule has 25 heavy (non-hydrogen) atoms. The first kappa shape index (κ1) is 17.2. The lowest BCUT2D eigenvalue weighted by Crippen LogP contribution is -2.30. The number of carbonyl (C=O) groups is 1. The summed E-state index contributed by atoms with van der Waals surface area (Å²) in [7, 11) is 1.53. The molecule has 0 bridgehead atoms. The van der Waals surface area contributed by atoms with Gasteiger partial charge in [0.15, 0.2) is 5.69 Å². The van der Waals surface area contributed by atoms with Crippen LogP contribution in [0, 0.1) is 0 Å². The van der Waals surface area contributed by atoms with Crippen molar-refractivity contribution in [1.82, 2.24) is 15.1 Å². The molecular formula is C18H16BrN3O3. The number of amides is 1. The Morgan fingerprint density at radius 3 is 2.68 bits per heavy atom. The van der Waals surface area contributed by atoms with Crippen LogP contribution < -0.4 is 15.6 Å². The lowest BCUT2D eigenvalue weighted by atomic mass is 10.1. The molecule has 1 heterocycles. The van der Waals surface area contributed by atoms with Crippen LogP contribution in [0.4, 0.5) is 0 Å². The molecule has 0 spiro atoms. The van der Waals surface area contributed by atoms with Gasteiger partial charge in [0.05, 0.1) is 11.9 Å². The van der Waals surface area contributed by atoms with Crippen molar-refractivity contribution in [2.75, 3.05) is 13.7 Å². The fraction of sp³-hybridized carbons (Fsp3) is 0.167. The monoisotopic (exact) mass is 401 g/mol. The Bertz CT molecular complexity index is 985. The lowest BCUT2D eigenvalue weighted by Gasteiger charge is -2.11. The number of fused-ring (bicyclic) bond motifs is 1. The second-order valence-corrected chi connectivity index (χ2v) is 6.22. The summed E-state index contributed by atoms with van der Waals surface area (Å²) in [4.78, 5) is 24.7. The molecule has 3 rings (SSSR count). The standard InChI is InChI=1S/C18H16BrN3O3/c1-20-17(23)16-14-7-2-3-8-15(14)18(24)22(21-16)9-10-25-13-6-4-5-12(19)11-13/h2-8,11H,9-10H2,1H3,(H,20,23). The summed E-state index contributed by atoms with van der Waals surface area (Å²) in [5.41, 5.74) is -0.0266. The van der Waals surface area contributed by atoms with E-state index in [1.165, 1.54) is 11.7 Å². The van der Waals surface area contributed by atoms with Crippen molar-refractivity contribution in [3.05, 3.63) is 69.1 Å². The van der Waals surface area contributed by atoms with Crippen LogP contribution in [0.3, 0.4) is 0 Å². The molecule has 0 aliphatic carbocycles. The predicted molar refractivity (Wildman–Crippen MR) is 99.0 cm³/mol. The summed E-state index contributed by atoms with van der Waals surface area (Å²) in [6.45, 7) is 0.495. The summed E-state index contributed by atoms with van der Waals surface area (Å²) in [5, 5.41) is 7.77. The molecule has 6 nitrogen and oxygen atoms in total. The van der Waals surface area contributed by atoms with Gasteiger partial charge in [-0.1, -0.05) is 40.2 Å². The van der Waals surface area contributed by atoms with Gasteiger partial charge < -0.3 is 10.1 Å². The molecule has 0 fully saturated rings. The van der Waals surface area contributed by atoms with E-state index in [0.29, 0.717) is 16.5 Å². The molecule has 1 aromatic heterocycles. The Labute approximate surface area is 152 Å². The van der Waals surface area contributed by atoms with E-state index in [2.05, 4.69) is 26.3 Å². The van der Waals surface area contributed by atoms with E-state index in [9.17, 15) is 9.59 Å². The molecule has 0 aliphatic heterocycles. The molecule has 128 valence electrons. The number of hydrogen-bond acceptors (Lipinski definition) is 4. The minimum absolute atomic E-state index is 0.222. The second-order valence-electron chi connectivity index (χ2n) is 5.31. The highest BCUT2D eigenvalue weighted by atomic mass is 79.9.